The van der Waals surface area contributed by atoms with Crippen molar-refractivity contribution in [3.63, 3.8) is 0 Å². The number of nitrogens with one attached hydrogen (secondary N) is 1. The molecule has 5 rings (SSSR count). The highest BCUT2D eigenvalue weighted by atomic mass is 79.9. The second kappa shape index (κ2) is 7.23. The maximum Gasteiger partial charge on any atom is 0.226 e. The standard InChI is InChI=1S/C25H28BrN3O/c1-15(2)16(3)24(30)29-14-25(8-9-25)12-22(29)23-27-13-21(28-23)19-5-4-18-11-20(26)7-6-17(18)10-19/h4-7,10-11,13,15-16,22H,8-9,12,14H2,1-3H3,(H,27,28)/t16-,22-/m0/s1. The monoisotopic (exact) mass is 465 g/mol. The molecule has 156 valence electrons. The number of aromatic amines is 1. The molecule has 1 aliphatic carbocycles. The summed E-state index contributed by atoms with van der Waals surface area (Å²) in [7, 11) is 0. The van der Waals surface area contributed by atoms with Gasteiger partial charge in [0.2, 0.25) is 5.91 Å². The van der Waals surface area contributed by atoms with Crippen LogP contribution in [0, 0.1) is 17.3 Å². The molecule has 1 aromatic heterocycles. The van der Waals surface area contributed by atoms with E-state index >= 15 is 0 Å². The number of amides is 1. The fourth-order valence-corrected chi connectivity index (χ4v) is 5.03. The summed E-state index contributed by atoms with van der Waals surface area (Å²) in [6, 6.07) is 12.9. The van der Waals surface area contributed by atoms with Gasteiger partial charge in [-0.1, -0.05) is 54.9 Å². The predicted octanol–water partition coefficient (Wildman–Crippen LogP) is 6.34. The van der Waals surface area contributed by atoms with Crippen molar-refractivity contribution in [3.05, 3.63) is 52.9 Å². The van der Waals surface area contributed by atoms with Crippen LogP contribution in [0.4, 0.5) is 0 Å². The second-order valence-corrected chi connectivity index (χ2v) is 10.5. The van der Waals surface area contributed by atoms with Crippen molar-refractivity contribution in [3.8, 4) is 11.3 Å². The van der Waals surface area contributed by atoms with E-state index in [1.165, 1.54) is 23.6 Å². The molecular weight excluding hydrogens is 438 g/mol. The molecule has 1 saturated carbocycles. The van der Waals surface area contributed by atoms with E-state index in [9.17, 15) is 4.79 Å². The molecule has 1 N–H and O–H groups in total. The van der Waals surface area contributed by atoms with Crippen LogP contribution >= 0.6 is 15.9 Å². The van der Waals surface area contributed by atoms with E-state index in [4.69, 9.17) is 4.98 Å². The number of rotatable bonds is 4. The minimum absolute atomic E-state index is 0.0376. The third-order valence-corrected chi connectivity index (χ3v) is 7.66. The van der Waals surface area contributed by atoms with Crippen molar-refractivity contribution in [2.75, 3.05) is 6.54 Å². The van der Waals surface area contributed by atoms with E-state index in [0.29, 0.717) is 11.3 Å². The van der Waals surface area contributed by atoms with E-state index < -0.39 is 0 Å². The lowest BCUT2D eigenvalue weighted by Gasteiger charge is -2.28. The molecule has 0 unspecified atom stereocenters. The highest BCUT2D eigenvalue weighted by Crippen LogP contribution is 2.58. The number of fused-ring (bicyclic) bond motifs is 1. The molecule has 2 atom stereocenters. The van der Waals surface area contributed by atoms with Crippen LogP contribution in [0.1, 0.15) is 51.9 Å². The van der Waals surface area contributed by atoms with Gasteiger partial charge in [0, 0.05) is 22.5 Å². The van der Waals surface area contributed by atoms with Gasteiger partial charge in [-0.05, 0) is 59.6 Å². The maximum absolute atomic E-state index is 13.2. The molecule has 0 bridgehead atoms. The predicted molar refractivity (Wildman–Crippen MR) is 124 cm³/mol. The van der Waals surface area contributed by atoms with Gasteiger partial charge < -0.3 is 9.88 Å². The van der Waals surface area contributed by atoms with Crippen LogP contribution in [0.5, 0.6) is 0 Å². The largest absolute Gasteiger partial charge is 0.340 e. The van der Waals surface area contributed by atoms with Crippen LogP contribution < -0.4 is 0 Å². The molecule has 2 fully saturated rings. The molecule has 2 heterocycles. The molecule has 2 aromatic carbocycles. The summed E-state index contributed by atoms with van der Waals surface area (Å²) in [6.07, 6.45) is 5.41. The summed E-state index contributed by atoms with van der Waals surface area (Å²) in [5.74, 6) is 1.58. The summed E-state index contributed by atoms with van der Waals surface area (Å²) >= 11 is 3.54. The summed E-state index contributed by atoms with van der Waals surface area (Å²) < 4.78 is 1.09. The summed E-state index contributed by atoms with van der Waals surface area (Å²) in [5.41, 5.74) is 2.47. The first kappa shape index (κ1) is 19.8. The van der Waals surface area contributed by atoms with Crippen molar-refractivity contribution in [2.45, 2.75) is 46.1 Å². The molecule has 30 heavy (non-hydrogen) atoms. The smallest absolute Gasteiger partial charge is 0.226 e. The lowest BCUT2D eigenvalue weighted by atomic mass is 9.96. The Kier molecular flexibility index (Phi) is 4.77. The number of aromatic nitrogens is 2. The first-order chi connectivity index (χ1) is 14.3. The van der Waals surface area contributed by atoms with Gasteiger partial charge in [-0.2, -0.15) is 0 Å². The van der Waals surface area contributed by atoms with E-state index in [2.05, 4.69) is 83.0 Å². The number of imidazole rings is 1. The normalized spacial score (nSPS) is 21.0. The molecule has 2 aliphatic rings. The average molecular weight is 466 g/mol. The number of carbonyl (C=O) groups excluding carboxylic acids is 1. The third-order valence-electron chi connectivity index (χ3n) is 7.16. The summed E-state index contributed by atoms with van der Waals surface area (Å²) in [5, 5.41) is 2.41. The Labute approximate surface area is 186 Å². The Hall–Kier alpha value is -2.14. The zero-order valence-corrected chi connectivity index (χ0v) is 19.4. The number of nitrogens with zero attached hydrogens (tertiary/aromatic N) is 2. The van der Waals surface area contributed by atoms with Gasteiger partial charge in [0.1, 0.15) is 5.82 Å². The first-order valence-electron chi connectivity index (χ1n) is 10.9. The van der Waals surface area contributed by atoms with Gasteiger partial charge in [0.15, 0.2) is 0 Å². The summed E-state index contributed by atoms with van der Waals surface area (Å²) in [6.45, 7) is 7.20. The van der Waals surface area contributed by atoms with Crippen LogP contribution in [0.3, 0.4) is 0 Å². The fraction of sp³-hybridized carbons (Fsp3) is 0.440. The minimum Gasteiger partial charge on any atom is -0.340 e. The molecule has 5 heteroatoms. The Bertz CT molecular complexity index is 1110. The number of H-pyrrole nitrogens is 1. The molecule has 1 saturated heterocycles. The minimum atomic E-state index is 0.0376. The van der Waals surface area contributed by atoms with Gasteiger partial charge in [0.25, 0.3) is 0 Å². The van der Waals surface area contributed by atoms with Gasteiger partial charge in [-0.15, -0.1) is 0 Å². The number of hydrogen-bond acceptors (Lipinski definition) is 2. The van der Waals surface area contributed by atoms with Crippen LogP contribution in [0.15, 0.2) is 47.1 Å². The second-order valence-electron chi connectivity index (χ2n) is 9.61. The number of benzene rings is 2. The van der Waals surface area contributed by atoms with Gasteiger partial charge in [-0.3, -0.25) is 4.79 Å². The van der Waals surface area contributed by atoms with E-state index in [-0.39, 0.29) is 17.9 Å². The zero-order chi connectivity index (χ0) is 21.0. The van der Waals surface area contributed by atoms with Crippen molar-refractivity contribution in [2.24, 2.45) is 17.3 Å². The molecule has 0 radical (unpaired) electrons. The lowest BCUT2D eigenvalue weighted by Crippen LogP contribution is -2.37. The first-order valence-corrected chi connectivity index (χ1v) is 11.7. The van der Waals surface area contributed by atoms with Gasteiger partial charge >= 0.3 is 0 Å². The highest BCUT2D eigenvalue weighted by Gasteiger charge is 2.54. The number of hydrogen-bond donors (Lipinski definition) is 1. The third kappa shape index (κ3) is 3.47. The quantitative estimate of drug-likeness (QED) is 0.488. The van der Waals surface area contributed by atoms with Gasteiger partial charge in [-0.25, -0.2) is 4.98 Å². The Balaban J connectivity index is 1.45. The van der Waals surface area contributed by atoms with E-state index in [0.717, 1.165) is 34.5 Å². The average Bonchev–Trinajstić information content (AvgIpc) is 3.13. The van der Waals surface area contributed by atoms with Crippen molar-refractivity contribution in [1.29, 1.82) is 0 Å². The molecular formula is C25H28BrN3O. The Morgan fingerprint density at radius 3 is 2.63 bits per heavy atom. The van der Waals surface area contributed by atoms with Crippen LogP contribution in [-0.2, 0) is 4.79 Å². The SMILES string of the molecule is CC(C)[C@H](C)C(=O)N1CC2(CC2)C[C@H]1c1ncc(-c2ccc3cc(Br)ccc3c2)[nH]1. The zero-order valence-electron chi connectivity index (χ0n) is 17.8. The van der Waals surface area contributed by atoms with Crippen molar-refractivity contribution >= 4 is 32.6 Å². The van der Waals surface area contributed by atoms with Crippen LogP contribution in [-0.4, -0.2) is 27.3 Å². The lowest BCUT2D eigenvalue weighted by molar-refractivity contribution is -0.137. The van der Waals surface area contributed by atoms with Crippen LogP contribution in [0.2, 0.25) is 0 Å². The van der Waals surface area contributed by atoms with Crippen molar-refractivity contribution in [1.82, 2.24) is 14.9 Å². The van der Waals surface area contributed by atoms with Crippen LogP contribution in [0.25, 0.3) is 22.0 Å². The fourth-order valence-electron chi connectivity index (χ4n) is 4.65. The highest BCUT2D eigenvalue weighted by molar-refractivity contribution is 9.10. The van der Waals surface area contributed by atoms with E-state index in [1.807, 2.05) is 6.20 Å². The van der Waals surface area contributed by atoms with Gasteiger partial charge in [0.05, 0.1) is 17.9 Å². The Morgan fingerprint density at radius 2 is 1.90 bits per heavy atom. The Morgan fingerprint density at radius 1 is 1.17 bits per heavy atom. The molecule has 4 nitrogen and oxygen atoms in total. The molecule has 1 amide bonds. The molecule has 1 spiro atoms. The molecule has 1 aliphatic heterocycles. The van der Waals surface area contributed by atoms with E-state index in [1.54, 1.807) is 0 Å². The summed E-state index contributed by atoms with van der Waals surface area (Å²) in [4.78, 5) is 23.6. The maximum atomic E-state index is 13.2. The topological polar surface area (TPSA) is 49.0 Å². The number of likely N-dealkylation sites (tertiary alicyclic amines) is 1. The number of halogens is 1. The number of carbonyl (C=O) groups is 1. The molecule has 3 aromatic rings. The van der Waals surface area contributed by atoms with Crippen molar-refractivity contribution < 1.29 is 4.79 Å².